The highest BCUT2D eigenvalue weighted by Crippen LogP contribution is 1.95. The van der Waals surface area contributed by atoms with Gasteiger partial charge in [-0.3, -0.25) is 0 Å². The molecule has 4 heteroatoms. The van der Waals surface area contributed by atoms with Crippen molar-refractivity contribution >= 4 is 6.09 Å². The molecule has 60 valence electrons. The summed E-state index contributed by atoms with van der Waals surface area (Å²) < 4.78 is 4.39. The molecule has 0 aromatic carbocycles. The van der Waals surface area contributed by atoms with Crippen LogP contribution in [0.3, 0.4) is 0 Å². The summed E-state index contributed by atoms with van der Waals surface area (Å²) in [5.41, 5.74) is 4.68. The van der Waals surface area contributed by atoms with Gasteiger partial charge in [-0.1, -0.05) is 6.92 Å². The third kappa shape index (κ3) is 5.37. The molecule has 0 rings (SSSR count). The number of carbonyl (C=O) groups is 1. The number of primary amides is 1. The summed E-state index contributed by atoms with van der Waals surface area (Å²) in [5, 5.41) is 8.94. The van der Waals surface area contributed by atoms with Crippen molar-refractivity contribution < 1.29 is 14.6 Å². The van der Waals surface area contributed by atoms with Gasteiger partial charge in [-0.15, -0.1) is 0 Å². The molecule has 1 unspecified atom stereocenters. The van der Waals surface area contributed by atoms with Crippen molar-refractivity contribution in [1.82, 2.24) is 0 Å². The fourth-order valence-corrected chi connectivity index (χ4v) is 0.500. The normalized spacial score (nSPS) is 12.6. The second-order valence-electron chi connectivity index (χ2n) is 2.02. The Morgan fingerprint density at radius 3 is 2.80 bits per heavy atom. The Labute approximate surface area is 60.0 Å². The van der Waals surface area contributed by atoms with Crippen LogP contribution in [0, 0.1) is 0 Å². The van der Waals surface area contributed by atoms with Crippen molar-refractivity contribution in [2.45, 2.75) is 25.9 Å². The van der Waals surface area contributed by atoms with Crippen LogP contribution in [0.15, 0.2) is 0 Å². The zero-order valence-electron chi connectivity index (χ0n) is 6.04. The number of nitrogens with two attached hydrogens (primary N) is 1. The largest absolute Gasteiger partial charge is 0.450 e. The van der Waals surface area contributed by atoms with Crippen LogP contribution in [0.4, 0.5) is 4.79 Å². The van der Waals surface area contributed by atoms with Gasteiger partial charge in [0.05, 0.1) is 12.7 Å². The Hall–Kier alpha value is -0.770. The lowest BCUT2D eigenvalue weighted by molar-refractivity contribution is 0.108. The van der Waals surface area contributed by atoms with Gasteiger partial charge in [0, 0.05) is 6.42 Å². The average molecular weight is 147 g/mol. The Balaban J connectivity index is 3.11. The second kappa shape index (κ2) is 5.05. The van der Waals surface area contributed by atoms with E-state index >= 15 is 0 Å². The van der Waals surface area contributed by atoms with Crippen LogP contribution >= 0.6 is 0 Å². The molecule has 0 aliphatic heterocycles. The smallest absolute Gasteiger partial charge is 0.404 e. The van der Waals surface area contributed by atoms with E-state index in [1.807, 2.05) is 6.92 Å². The van der Waals surface area contributed by atoms with E-state index in [4.69, 9.17) is 5.11 Å². The number of carbonyl (C=O) groups excluding carboxylic acids is 1. The molecular weight excluding hydrogens is 134 g/mol. The van der Waals surface area contributed by atoms with Crippen molar-refractivity contribution in [3.63, 3.8) is 0 Å². The molecule has 10 heavy (non-hydrogen) atoms. The van der Waals surface area contributed by atoms with Gasteiger partial charge in [-0.2, -0.15) is 0 Å². The molecule has 0 saturated heterocycles. The molecule has 0 aliphatic rings. The summed E-state index contributed by atoms with van der Waals surface area (Å²) in [6, 6.07) is 0. The van der Waals surface area contributed by atoms with Gasteiger partial charge >= 0.3 is 6.09 Å². The van der Waals surface area contributed by atoms with Gasteiger partial charge in [0.15, 0.2) is 0 Å². The topological polar surface area (TPSA) is 72.6 Å². The lowest BCUT2D eigenvalue weighted by Gasteiger charge is -2.05. The molecule has 0 fully saturated rings. The number of rotatable bonds is 4. The van der Waals surface area contributed by atoms with Crippen LogP contribution in [-0.4, -0.2) is 23.9 Å². The van der Waals surface area contributed by atoms with Crippen molar-refractivity contribution in [1.29, 1.82) is 0 Å². The predicted molar refractivity (Wildman–Crippen MR) is 36.5 cm³/mol. The molecule has 4 nitrogen and oxygen atoms in total. The van der Waals surface area contributed by atoms with Crippen LogP contribution in [-0.2, 0) is 4.74 Å². The van der Waals surface area contributed by atoms with Gasteiger partial charge in [0.2, 0.25) is 0 Å². The zero-order chi connectivity index (χ0) is 7.98. The molecule has 3 N–H and O–H groups in total. The number of ether oxygens (including phenoxy) is 1. The molecule has 0 aromatic rings. The molecule has 1 amide bonds. The molecule has 0 radical (unpaired) electrons. The van der Waals surface area contributed by atoms with E-state index in [1.54, 1.807) is 0 Å². The average Bonchev–Trinajstić information content (AvgIpc) is 1.87. The summed E-state index contributed by atoms with van der Waals surface area (Å²) >= 11 is 0. The minimum Gasteiger partial charge on any atom is -0.450 e. The highest BCUT2D eigenvalue weighted by Gasteiger charge is 2.00. The van der Waals surface area contributed by atoms with E-state index in [-0.39, 0.29) is 12.7 Å². The van der Waals surface area contributed by atoms with E-state index < -0.39 is 6.09 Å². The molecule has 0 aromatic heterocycles. The lowest BCUT2D eigenvalue weighted by atomic mass is 10.2. The fraction of sp³-hybridized carbons (Fsp3) is 0.833. The summed E-state index contributed by atoms with van der Waals surface area (Å²) in [4.78, 5) is 9.99. The van der Waals surface area contributed by atoms with Crippen LogP contribution in [0.25, 0.3) is 0 Å². The SMILES string of the molecule is CCC(O)CCOC(N)=O. The molecule has 0 bridgehead atoms. The van der Waals surface area contributed by atoms with Crippen LogP contribution < -0.4 is 5.73 Å². The first-order valence-electron chi connectivity index (χ1n) is 3.27. The third-order valence-corrected chi connectivity index (χ3v) is 1.17. The van der Waals surface area contributed by atoms with Gasteiger partial charge in [0.25, 0.3) is 0 Å². The lowest BCUT2D eigenvalue weighted by Crippen LogP contribution is -2.17. The fourth-order valence-electron chi connectivity index (χ4n) is 0.500. The van der Waals surface area contributed by atoms with Crippen molar-refractivity contribution in [2.24, 2.45) is 5.73 Å². The zero-order valence-corrected chi connectivity index (χ0v) is 6.04. The van der Waals surface area contributed by atoms with E-state index in [9.17, 15) is 4.79 Å². The molecule has 0 spiro atoms. The van der Waals surface area contributed by atoms with Crippen molar-refractivity contribution in [2.75, 3.05) is 6.61 Å². The Bertz CT molecular complexity index is 105. The molecule has 1 atom stereocenters. The van der Waals surface area contributed by atoms with E-state index in [2.05, 4.69) is 10.5 Å². The van der Waals surface area contributed by atoms with Crippen molar-refractivity contribution in [3.8, 4) is 0 Å². The first kappa shape index (κ1) is 9.23. The van der Waals surface area contributed by atoms with Gasteiger partial charge in [-0.25, -0.2) is 4.79 Å². The summed E-state index contributed by atoms with van der Waals surface area (Å²) in [6.45, 7) is 2.05. The third-order valence-electron chi connectivity index (χ3n) is 1.17. The number of hydrogen-bond acceptors (Lipinski definition) is 3. The van der Waals surface area contributed by atoms with Gasteiger partial charge < -0.3 is 15.6 Å². The Kier molecular flexibility index (Phi) is 4.66. The summed E-state index contributed by atoms with van der Waals surface area (Å²) in [5.74, 6) is 0. The van der Waals surface area contributed by atoms with E-state index in [0.717, 1.165) is 0 Å². The number of aliphatic hydroxyl groups excluding tert-OH is 1. The summed E-state index contributed by atoms with van der Waals surface area (Å²) in [7, 11) is 0. The van der Waals surface area contributed by atoms with Gasteiger partial charge in [-0.05, 0) is 6.42 Å². The van der Waals surface area contributed by atoms with Crippen LogP contribution in [0.5, 0.6) is 0 Å². The number of aliphatic hydroxyl groups is 1. The molecular formula is C6H13NO3. The minimum absolute atomic E-state index is 0.199. The second-order valence-corrected chi connectivity index (χ2v) is 2.02. The first-order valence-corrected chi connectivity index (χ1v) is 3.27. The monoisotopic (exact) mass is 147 g/mol. The van der Waals surface area contributed by atoms with Gasteiger partial charge in [0.1, 0.15) is 0 Å². The first-order chi connectivity index (χ1) is 4.66. The maximum Gasteiger partial charge on any atom is 0.404 e. The standard InChI is InChI=1S/C6H13NO3/c1-2-5(8)3-4-10-6(7)9/h5,8H,2-4H2,1H3,(H2,7,9). The van der Waals surface area contributed by atoms with Crippen LogP contribution in [0.2, 0.25) is 0 Å². The maximum absolute atomic E-state index is 9.99. The van der Waals surface area contributed by atoms with E-state index in [1.165, 1.54) is 0 Å². The Morgan fingerprint density at radius 2 is 2.40 bits per heavy atom. The highest BCUT2D eigenvalue weighted by atomic mass is 16.5. The number of amides is 1. The minimum atomic E-state index is -0.789. The highest BCUT2D eigenvalue weighted by molar-refractivity contribution is 5.64. The Morgan fingerprint density at radius 1 is 1.80 bits per heavy atom. The van der Waals surface area contributed by atoms with Crippen LogP contribution in [0.1, 0.15) is 19.8 Å². The maximum atomic E-state index is 9.99. The number of hydrogen-bond donors (Lipinski definition) is 2. The predicted octanol–water partition coefficient (Wildman–Crippen LogP) is 0.243. The van der Waals surface area contributed by atoms with E-state index in [0.29, 0.717) is 12.8 Å². The quantitative estimate of drug-likeness (QED) is 0.598. The van der Waals surface area contributed by atoms with Crippen molar-refractivity contribution in [3.05, 3.63) is 0 Å². The molecule has 0 heterocycles. The summed E-state index contributed by atoms with van der Waals surface area (Å²) in [6.07, 6.45) is -0.0515. The molecule has 0 aliphatic carbocycles. The molecule has 0 saturated carbocycles.